The Morgan fingerprint density at radius 2 is 1.75 bits per heavy atom. The van der Waals surface area contributed by atoms with Gasteiger partial charge in [-0.15, -0.1) is 0 Å². The lowest BCUT2D eigenvalue weighted by Crippen LogP contribution is -2.76. The zero-order chi connectivity index (χ0) is 29.3. The Bertz CT molecular complexity index is 1450. The van der Waals surface area contributed by atoms with Crippen molar-refractivity contribution in [3.05, 3.63) is 35.0 Å². The summed E-state index contributed by atoms with van der Waals surface area (Å²) in [6.45, 7) is 14.3. The molecule has 40 heavy (non-hydrogen) atoms. The summed E-state index contributed by atoms with van der Waals surface area (Å²) in [7, 11) is 0. The average Bonchev–Trinajstić information content (AvgIpc) is 3.28. The molecule has 1 heterocycles. The molecule has 0 saturated heterocycles. The predicted octanol–water partition coefficient (Wildman–Crippen LogP) is 4.66. The molecule has 214 valence electrons. The summed E-state index contributed by atoms with van der Waals surface area (Å²) in [6, 6.07) is 2.03. The number of nitrogens with two attached hydrogens (primary N) is 1. The van der Waals surface area contributed by atoms with Crippen molar-refractivity contribution < 1.29 is 19.2 Å². The van der Waals surface area contributed by atoms with Gasteiger partial charge in [0.25, 0.3) is 0 Å². The predicted molar refractivity (Wildman–Crippen MR) is 147 cm³/mol. The van der Waals surface area contributed by atoms with Gasteiger partial charge in [-0.2, -0.15) is 10.2 Å². The van der Waals surface area contributed by atoms with E-state index in [1.807, 2.05) is 19.9 Å². The Labute approximate surface area is 236 Å². The fourth-order valence-electron chi connectivity index (χ4n) is 10.5. The first kappa shape index (κ1) is 27.5. The second-order valence-corrected chi connectivity index (χ2v) is 15.3. The molecular weight excluding hydrogens is 504 g/mol. The molecule has 6 rings (SSSR count). The first-order valence-corrected chi connectivity index (χ1v) is 14.7. The van der Waals surface area contributed by atoms with Gasteiger partial charge in [0.1, 0.15) is 11.7 Å². The number of ketones is 2. The Morgan fingerprint density at radius 1 is 1.07 bits per heavy atom. The monoisotopic (exact) mass is 546 g/mol. The van der Waals surface area contributed by atoms with Crippen LogP contribution in [0.2, 0.25) is 0 Å². The second-order valence-electron chi connectivity index (χ2n) is 15.3. The normalized spacial score (nSPS) is 47.6. The Balaban J connectivity index is 1.58. The number of carbonyl (C=O) groups is 2. The zero-order valence-electron chi connectivity index (χ0n) is 24.9. The SMILES string of the molecule is Cc1noc([C@]23CCC(C)(C)C[C@@]2(N)[C@H]2C(=O)C=C4[C@@]5(C)C=C(C#N)C(=O)[C@@](C)(O)C5CC[C@@]4(C)[C@]2(C)CC3)n1. The summed E-state index contributed by atoms with van der Waals surface area (Å²) in [6.07, 6.45) is 8.71. The topological polar surface area (TPSA) is 143 Å². The van der Waals surface area contributed by atoms with E-state index in [-0.39, 0.29) is 16.8 Å². The first-order valence-electron chi connectivity index (χ1n) is 14.7. The van der Waals surface area contributed by atoms with Crippen molar-refractivity contribution in [2.24, 2.45) is 39.2 Å². The van der Waals surface area contributed by atoms with E-state index in [4.69, 9.17) is 15.2 Å². The minimum atomic E-state index is -1.68. The van der Waals surface area contributed by atoms with Crippen LogP contribution in [0.3, 0.4) is 0 Å². The van der Waals surface area contributed by atoms with Crippen LogP contribution in [0.25, 0.3) is 0 Å². The quantitative estimate of drug-likeness (QED) is 0.518. The number of fused-ring (bicyclic) bond motifs is 7. The molecule has 3 saturated carbocycles. The minimum absolute atomic E-state index is 0.0131. The lowest BCUT2D eigenvalue weighted by molar-refractivity contribution is -0.172. The van der Waals surface area contributed by atoms with E-state index in [2.05, 4.69) is 32.9 Å². The molecule has 8 heteroatoms. The number of aromatic nitrogens is 2. The number of nitriles is 1. The van der Waals surface area contributed by atoms with Crippen LogP contribution in [0.4, 0.5) is 0 Å². The van der Waals surface area contributed by atoms with Gasteiger partial charge in [-0.25, -0.2) is 0 Å². The summed E-state index contributed by atoms with van der Waals surface area (Å²) in [5.41, 5.74) is 3.58. The highest BCUT2D eigenvalue weighted by molar-refractivity contribution is 6.06. The number of hydrogen-bond acceptors (Lipinski definition) is 8. The summed E-state index contributed by atoms with van der Waals surface area (Å²) in [5.74, 6) is -0.326. The van der Waals surface area contributed by atoms with Gasteiger partial charge in [0.05, 0.1) is 11.0 Å². The van der Waals surface area contributed by atoms with Gasteiger partial charge in [0, 0.05) is 22.8 Å². The average molecular weight is 547 g/mol. The number of rotatable bonds is 1. The van der Waals surface area contributed by atoms with Crippen LogP contribution in [0, 0.1) is 51.8 Å². The van der Waals surface area contributed by atoms with Crippen molar-refractivity contribution >= 4 is 11.6 Å². The number of nitrogens with zero attached hydrogens (tertiary/aromatic N) is 3. The Morgan fingerprint density at radius 3 is 2.38 bits per heavy atom. The highest BCUT2D eigenvalue weighted by Crippen LogP contribution is 2.74. The van der Waals surface area contributed by atoms with E-state index in [1.165, 1.54) is 6.92 Å². The molecule has 0 aromatic carbocycles. The van der Waals surface area contributed by atoms with Crippen molar-refractivity contribution in [1.82, 2.24) is 10.1 Å². The van der Waals surface area contributed by atoms with Crippen LogP contribution in [-0.4, -0.2) is 38.0 Å². The van der Waals surface area contributed by atoms with Gasteiger partial charge in [-0.05, 0) is 81.1 Å². The third-order valence-corrected chi connectivity index (χ3v) is 12.7. The number of Topliss-reactive ketones (excluding diaryl/α,β-unsaturated/α-hetero) is 1. The molecule has 0 spiro atoms. The van der Waals surface area contributed by atoms with Crippen molar-refractivity contribution in [3.8, 4) is 6.07 Å². The van der Waals surface area contributed by atoms with Crippen molar-refractivity contribution in [2.45, 2.75) is 110 Å². The molecule has 1 aromatic heterocycles. The molecule has 8 nitrogen and oxygen atoms in total. The number of carbonyl (C=O) groups excluding carboxylic acids is 2. The summed E-state index contributed by atoms with van der Waals surface area (Å²) in [5, 5.41) is 25.4. The second kappa shape index (κ2) is 7.80. The van der Waals surface area contributed by atoms with Crippen molar-refractivity contribution in [2.75, 3.05) is 0 Å². The van der Waals surface area contributed by atoms with E-state index in [9.17, 15) is 20.0 Å². The molecule has 0 amide bonds. The van der Waals surface area contributed by atoms with E-state index in [1.54, 1.807) is 12.2 Å². The van der Waals surface area contributed by atoms with Gasteiger partial charge in [0.15, 0.2) is 11.6 Å². The number of aryl methyl sites for hydroxylation is 1. The van der Waals surface area contributed by atoms with E-state index in [0.717, 1.165) is 31.3 Å². The highest BCUT2D eigenvalue weighted by Gasteiger charge is 2.75. The van der Waals surface area contributed by atoms with Gasteiger partial charge in [-0.3, -0.25) is 9.59 Å². The maximum absolute atomic E-state index is 14.6. The number of aliphatic hydroxyl groups is 1. The molecule has 1 aromatic rings. The minimum Gasteiger partial charge on any atom is -0.382 e. The highest BCUT2D eigenvalue weighted by atomic mass is 16.5. The molecule has 5 aliphatic carbocycles. The largest absolute Gasteiger partial charge is 0.382 e. The van der Waals surface area contributed by atoms with Crippen LogP contribution in [-0.2, 0) is 15.0 Å². The molecule has 8 atom stereocenters. The Hall–Kier alpha value is -2.63. The number of allylic oxidation sites excluding steroid dienone is 3. The van der Waals surface area contributed by atoms with E-state index in [0.29, 0.717) is 31.0 Å². The van der Waals surface area contributed by atoms with Crippen LogP contribution >= 0.6 is 0 Å². The molecule has 0 bridgehead atoms. The molecular formula is C32H42N4O4. The standard InChI is InChI=1S/C32H42N4O4/c1-18-35-25(40-36-18)31-12-10-26(2,3)17-32(31,34)23-20(37)14-22-27(4)15-19(16-33)24(38)30(7,39)21(27)8-9-28(22,5)29(23,6)11-13-31/h14-15,21,23,39H,8-13,17,34H2,1-7H3/t21?,23-,27-,28+,29+,30-,31+,32+/m0/s1. The lowest BCUT2D eigenvalue weighted by atomic mass is 9.33. The molecule has 3 N–H and O–H groups in total. The summed E-state index contributed by atoms with van der Waals surface area (Å²) < 4.78 is 5.85. The summed E-state index contributed by atoms with van der Waals surface area (Å²) >= 11 is 0. The lowest BCUT2D eigenvalue weighted by Gasteiger charge is -2.71. The third kappa shape index (κ3) is 3.03. The fraction of sp³-hybridized carbons (Fsp3) is 0.719. The smallest absolute Gasteiger partial charge is 0.234 e. The molecule has 0 radical (unpaired) electrons. The van der Waals surface area contributed by atoms with E-state index >= 15 is 0 Å². The van der Waals surface area contributed by atoms with Crippen LogP contribution in [0.5, 0.6) is 0 Å². The maximum atomic E-state index is 14.6. The maximum Gasteiger partial charge on any atom is 0.234 e. The van der Waals surface area contributed by atoms with Crippen LogP contribution < -0.4 is 5.73 Å². The zero-order valence-corrected chi connectivity index (χ0v) is 24.9. The van der Waals surface area contributed by atoms with Gasteiger partial charge >= 0.3 is 0 Å². The Kier molecular flexibility index (Phi) is 5.37. The molecule has 0 aliphatic heterocycles. The third-order valence-electron chi connectivity index (χ3n) is 12.7. The molecule has 3 fully saturated rings. The molecule has 5 aliphatic rings. The molecule has 1 unspecified atom stereocenters. The number of hydrogen-bond donors (Lipinski definition) is 2. The van der Waals surface area contributed by atoms with Crippen LogP contribution in [0.15, 0.2) is 27.8 Å². The van der Waals surface area contributed by atoms with Gasteiger partial charge in [-0.1, -0.05) is 51.4 Å². The van der Waals surface area contributed by atoms with Crippen molar-refractivity contribution in [3.63, 3.8) is 0 Å². The van der Waals surface area contributed by atoms with E-state index < -0.39 is 50.4 Å². The van der Waals surface area contributed by atoms with Crippen LogP contribution in [0.1, 0.15) is 98.2 Å². The fourth-order valence-corrected chi connectivity index (χ4v) is 10.5. The van der Waals surface area contributed by atoms with Crippen molar-refractivity contribution in [1.29, 1.82) is 5.26 Å². The first-order chi connectivity index (χ1) is 18.4. The van der Waals surface area contributed by atoms with Gasteiger partial charge < -0.3 is 15.4 Å². The van der Waals surface area contributed by atoms with Gasteiger partial charge in [0.2, 0.25) is 11.7 Å². The summed E-state index contributed by atoms with van der Waals surface area (Å²) in [4.78, 5) is 32.4.